The lowest BCUT2D eigenvalue weighted by molar-refractivity contribution is -0.505. The fourth-order valence-corrected chi connectivity index (χ4v) is 10.9. The fourth-order valence-electron chi connectivity index (χ4n) is 9.99. The number of hydrogen-bond donors (Lipinski definition) is 2. The molecule has 8 nitrogen and oxygen atoms in total. The van der Waals surface area contributed by atoms with Gasteiger partial charge in [-0.25, -0.2) is 16.8 Å². The minimum Gasteiger partial charge on any atom is -0.744 e. The summed E-state index contributed by atoms with van der Waals surface area (Å²) in [6.07, 6.45) is 18.0. The molecule has 44 heavy (non-hydrogen) atoms. The molecule has 0 amide bonds. The second-order valence-corrected chi connectivity index (χ2v) is 18.1. The van der Waals surface area contributed by atoms with Crippen LogP contribution in [0.15, 0.2) is 58.3 Å². The highest BCUT2D eigenvalue weighted by atomic mass is 32.2. The average Bonchev–Trinajstić information content (AvgIpc) is 2.86. The Balaban J connectivity index is 0.000000116. The van der Waals surface area contributed by atoms with Crippen LogP contribution in [0.3, 0.4) is 0 Å². The smallest absolute Gasteiger partial charge is 0.124 e. The number of quaternary nitrogens is 2. The lowest BCUT2D eigenvalue weighted by atomic mass is 9.53. The Morgan fingerprint density at radius 1 is 0.500 bits per heavy atom. The third kappa shape index (κ3) is 8.70. The van der Waals surface area contributed by atoms with Crippen LogP contribution in [0.2, 0.25) is 0 Å². The van der Waals surface area contributed by atoms with Crippen molar-refractivity contribution in [2.75, 3.05) is 0 Å². The highest BCUT2D eigenvalue weighted by molar-refractivity contribution is 7.86. The summed E-state index contributed by atoms with van der Waals surface area (Å²) in [6, 6.07) is 11.6. The summed E-state index contributed by atoms with van der Waals surface area (Å²) in [4.78, 5) is -0.355. The second-order valence-electron chi connectivity index (χ2n) is 15.4. The van der Waals surface area contributed by atoms with Gasteiger partial charge >= 0.3 is 0 Å². The molecule has 0 heterocycles. The molecule has 8 saturated carbocycles. The molecule has 8 aliphatic rings. The Labute approximate surface area is 263 Å². The van der Waals surface area contributed by atoms with Crippen LogP contribution in [-0.4, -0.2) is 37.0 Å². The molecular formula is C34H50N2O6S2. The van der Waals surface area contributed by atoms with Gasteiger partial charge in [-0.3, -0.25) is 0 Å². The van der Waals surface area contributed by atoms with E-state index in [1.165, 1.54) is 62.8 Å². The van der Waals surface area contributed by atoms with Crippen molar-refractivity contribution in [2.24, 2.45) is 35.5 Å². The predicted octanol–water partition coefficient (Wildman–Crippen LogP) is 4.19. The lowest BCUT2D eigenvalue weighted by Crippen LogP contribution is -2.77. The standard InChI is InChI=1S/2C10H17N.2C7H8O3S/c2*11-10-4-7-1-8(5-10)3-9(2-7)6-10;2*1-6-2-4-7(5-3-6)11(8,9)10/h2*7-9H,1-6,11H2;2*2-5H,1H3,(H,8,9,10). The maximum Gasteiger partial charge on any atom is 0.124 e. The van der Waals surface area contributed by atoms with E-state index in [9.17, 15) is 25.9 Å². The maximum absolute atomic E-state index is 10.4. The van der Waals surface area contributed by atoms with Gasteiger partial charge in [-0.15, -0.1) is 0 Å². The molecule has 0 spiro atoms. The largest absolute Gasteiger partial charge is 0.744 e. The zero-order valence-corrected chi connectivity index (χ0v) is 27.9. The van der Waals surface area contributed by atoms with Gasteiger partial charge in [0.15, 0.2) is 0 Å². The molecule has 0 saturated heterocycles. The molecule has 0 aliphatic heterocycles. The molecule has 10 heteroatoms. The number of hydrogen-bond acceptors (Lipinski definition) is 6. The minimum absolute atomic E-state index is 0.178. The summed E-state index contributed by atoms with van der Waals surface area (Å²) in [5.41, 5.74) is 11.8. The van der Waals surface area contributed by atoms with E-state index in [0.29, 0.717) is 11.1 Å². The van der Waals surface area contributed by atoms with Crippen LogP contribution in [0.25, 0.3) is 0 Å². The topological polar surface area (TPSA) is 170 Å². The van der Waals surface area contributed by atoms with Gasteiger partial charge in [0.05, 0.1) is 20.9 Å². The molecule has 10 rings (SSSR count). The van der Waals surface area contributed by atoms with Crippen LogP contribution in [0.5, 0.6) is 0 Å². The first-order chi connectivity index (χ1) is 20.5. The van der Waals surface area contributed by atoms with Crippen LogP contribution in [-0.2, 0) is 20.2 Å². The van der Waals surface area contributed by atoms with Gasteiger partial charge in [0.2, 0.25) is 0 Å². The molecule has 8 bridgehead atoms. The van der Waals surface area contributed by atoms with Gasteiger partial charge in [0.1, 0.15) is 20.2 Å². The number of benzene rings is 2. The fraction of sp³-hybridized carbons (Fsp3) is 0.647. The van der Waals surface area contributed by atoms with Crippen molar-refractivity contribution in [3.05, 3.63) is 59.7 Å². The van der Waals surface area contributed by atoms with Gasteiger partial charge in [-0.05, 0) is 112 Å². The van der Waals surface area contributed by atoms with Crippen LogP contribution >= 0.6 is 0 Å². The van der Waals surface area contributed by atoms with E-state index in [-0.39, 0.29) is 9.79 Å². The molecular weight excluding hydrogens is 597 g/mol. The first-order valence-electron chi connectivity index (χ1n) is 16.2. The van der Waals surface area contributed by atoms with E-state index < -0.39 is 20.2 Å². The summed E-state index contributed by atoms with van der Waals surface area (Å²) in [5, 5.41) is 0. The zero-order chi connectivity index (χ0) is 31.9. The van der Waals surface area contributed by atoms with Crippen LogP contribution < -0.4 is 11.5 Å². The second kappa shape index (κ2) is 12.8. The van der Waals surface area contributed by atoms with Crippen molar-refractivity contribution in [3.63, 3.8) is 0 Å². The zero-order valence-electron chi connectivity index (χ0n) is 26.2. The van der Waals surface area contributed by atoms with Crippen molar-refractivity contribution in [1.82, 2.24) is 0 Å². The maximum atomic E-state index is 10.4. The van der Waals surface area contributed by atoms with Crippen LogP contribution in [0, 0.1) is 49.4 Å². The SMILES string of the molecule is Cc1ccc(S(=O)(=O)[O-])cc1.Cc1ccc(S(=O)(=O)[O-])cc1.[NH3+]C12CC3CC(CC(C3)C1)C2.[NH3+]C12CC3CC(CC(C3)C1)C2. The summed E-state index contributed by atoms with van der Waals surface area (Å²) in [6.45, 7) is 3.64. The quantitative estimate of drug-likeness (QED) is 0.464. The molecule has 6 N–H and O–H groups in total. The normalized spacial score (nSPS) is 35.9. The third-order valence-electron chi connectivity index (χ3n) is 10.9. The first kappa shape index (κ1) is 33.5. The van der Waals surface area contributed by atoms with Crippen molar-refractivity contribution in [1.29, 1.82) is 0 Å². The summed E-state index contributed by atoms with van der Waals surface area (Å²) >= 11 is 0. The van der Waals surface area contributed by atoms with Crippen LogP contribution in [0.1, 0.15) is 88.2 Å². The molecule has 0 atom stereocenters. The van der Waals surface area contributed by atoms with Gasteiger partial charge in [-0.2, -0.15) is 0 Å². The van der Waals surface area contributed by atoms with Crippen molar-refractivity contribution in [2.45, 2.75) is 112 Å². The summed E-state index contributed by atoms with van der Waals surface area (Å²) in [5.74, 6) is 6.49. The Kier molecular flexibility index (Phi) is 9.73. The summed E-state index contributed by atoms with van der Waals surface area (Å²) < 4.78 is 62.3. The Hall–Kier alpha value is -1.82. The lowest BCUT2D eigenvalue weighted by Gasteiger charge is -2.52. The monoisotopic (exact) mass is 646 g/mol. The van der Waals surface area contributed by atoms with Gasteiger partial charge in [0.25, 0.3) is 0 Å². The van der Waals surface area contributed by atoms with Crippen molar-refractivity contribution >= 4 is 20.2 Å². The molecule has 0 radical (unpaired) electrons. The minimum atomic E-state index is -4.27. The van der Waals surface area contributed by atoms with Crippen molar-refractivity contribution < 1.29 is 37.4 Å². The van der Waals surface area contributed by atoms with Gasteiger partial charge < -0.3 is 20.6 Å². The van der Waals surface area contributed by atoms with E-state index in [0.717, 1.165) is 46.6 Å². The Bertz CT molecular complexity index is 1320. The molecule has 0 aromatic heterocycles. The van der Waals surface area contributed by atoms with Crippen molar-refractivity contribution in [3.8, 4) is 0 Å². The highest BCUT2D eigenvalue weighted by Crippen LogP contribution is 2.54. The predicted molar refractivity (Wildman–Crippen MR) is 166 cm³/mol. The van der Waals surface area contributed by atoms with Gasteiger partial charge in [0, 0.05) is 38.5 Å². The molecule has 2 aromatic rings. The average molecular weight is 647 g/mol. The first-order valence-corrected chi connectivity index (χ1v) is 19.0. The van der Waals surface area contributed by atoms with Gasteiger partial charge in [-0.1, -0.05) is 35.4 Å². The number of aryl methyl sites for hydroxylation is 2. The van der Waals surface area contributed by atoms with E-state index in [1.807, 2.05) is 13.8 Å². The van der Waals surface area contributed by atoms with E-state index in [4.69, 9.17) is 0 Å². The summed E-state index contributed by atoms with van der Waals surface area (Å²) in [7, 11) is -8.54. The third-order valence-corrected chi connectivity index (χ3v) is 12.6. The Morgan fingerprint density at radius 3 is 0.864 bits per heavy atom. The van der Waals surface area contributed by atoms with Crippen LogP contribution in [0.4, 0.5) is 0 Å². The molecule has 0 unspecified atom stereocenters. The molecule has 244 valence electrons. The Morgan fingerprint density at radius 2 is 0.705 bits per heavy atom. The molecule has 8 fully saturated rings. The molecule has 8 aliphatic carbocycles. The van der Waals surface area contributed by atoms with E-state index >= 15 is 0 Å². The highest BCUT2D eigenvalue weighted by Gasteiger charge is 2.52. The molecule has 2 aromatic carbocycles. The van der Waals surface area contributed by atoms with E-state index in [2.05, 4.69) is 11.5 Å². The van der Waals surface area contributed by atoms with E-state index in [1.54, 1.807) is 62.8 Å². The number of rotatable bonds is 2.